The highest BCUT2D eigenvalue weighted by atomic mass is 79.9. The first-order valence-electron chi connectivity index (χ1n) is 7.10. The van der Waals surface area contributed by atoms with E-state index in [9.17, 15) is 0 Å². The SMILES string of the molecule is CCCNC(Cc1c(Br)c(C)nn1C)c1cc(OC)cs1. The number of rotatable bonds is 7. The number of aryl methyl sites for hydroxylation is 2. The first kappa shape index (κ1) is 16.5. The fraction of sp³-hybridized carbons (Fsp3) is 0.533. The first-order chi connectivity index (χ1) is 10.1. The van der Waals surface area contributed by atoms with Gasteiger partial charge in [-0.05, 0) is 41.9 Å². The molecule has 0 radical (unpaired) electrons. The Morgan fingerprint density at radius 2 is 2.29 bits per heavy atom. The van der Waals surface area contributed by atoms with E-state index in [1.54, 1.807) is 18.4 Å². The van der Waals surface area contributed by atoms with Gasteiger partial charge in [-0.2, -0.15) is 5.10 Å². The fourth-order valence-corrected chi connectivity index (χ4v) is 3.74. The van der Waals surface area contributed by atoms with E-state index >= 15 is 0 Å². The Balaban J connectivity index is 2.23. The zero-order valence-electron chi connectivity index (χ0n) is 12.9. The number of ether oxygens (including phenoxy) is 1. The number of hydrogen-bond acceptors (Lipinski definition) is 4. The van der Waals surface area contributed by atoms with Gasteiger partial charge in [0.1, 0.15) is 5.75 Å². The molecule has 4 nitrogen and oxygen atoms in total. The van der Waals surface area contributed by atoms with Crippen LogP contribution in [0.25, 0.3) is 0 Å². The smallest absolute Gasteiger partial charge is 0.129 e. The van der Waals surface area contributed by atoms with Crippen LogP contribution in [0.15, 0.2) is 15.9 Å². The summed E-state index contributed by atoms with van der Waals surface area (Å²) in [5.41, 5.74) is 2.25. The molecule has 2 rings (SSSR count). The van der Waals surface area contributed by atoms with Crippen LogP contribution >= 0.6 is 27.3 Å². The van der Waals surface area contributed by atoms with Crippen molar-refractivity contribution in [1.29, 1.82) is 0 Å². The molecule has 0 aliphatic carbocycles. The van der Waals surface area contributed by atoms with Gasteiger partial charge in [0.25, 0.3) is 0 Å². The number of nitrogens with zero attached hydrogens (tertiary/aromatic N) is 2. The molecule has 0 amide bonds. The van der Waals surface area contributed by atoms with E-state index in [1.807, 2.05) is 18.7 Å². The normalized spacial score (nSPS) is 12.6. The second-order valence-corrected chi connectivity index (χ2v) is 6.81. The molecule has 0 saturated carbocycles. The van der Waals surface area contributed by atoms with Crippen molar-refractivity contribution in [3.63, 3.8) is 0 Å². The van der Waals surface area contributed by atoms with Gasteiger partial charge in [0.05, 0.1) is 23.0 Å². The molecule has 0 bridgehead atoms. The summed E-state index contributed by atoms with van der Waals surface area (Å²) in [5, 5.41) is 10.2. The third-order valence-electron chi connectivity index (χ3n) is 3.47. The molecule has 0 aromatic carbocycles. The van der Waals surface area contributed by atoms with Crippen molar-refractivity contribution in [3.05, 3.63) is 32.2 Å². The molecule has 0 aliphatic rings. The second-order valence-electron chi connectivity index (χ2n) is 5.07. The number of aromatic nitrogens is 2. The molecular formula is C15H22BrN3OS. The Morgan fingerprint density at radius 1 is 1.52 bits per heavy atom. The largest absolute Gasteiger partial charge is 0.496 e. The van der Waals surface area contributed by atoms with Crippen molar-refractivity contribution in [2.75, 3.05) is 13.7 Å². The average molecular weight is 372 g/mol. The minimum Gasteiger partial charge on any atom is -0.496 e. The molecular weight excluding hydrogens is 350 g/mol. The summed E-state index contributed by atoms with van der Waals surface area (Å²) in [5.74, 6) is 0.929. The molecule has 0 aliphatic heterocycles. The van der Waals surface area contributed by atoms with Crippen molar-refractivity contribution < 1.29 is 4.74 Å². The van der Waals surface area contributed by atoms with Crippen molar-refractivity contribution in [1.82, 2.24) is 15.1 Å². The minimum absolute atomic E-state index is 0.282. The lowest BCUT2D eigenvalue weighted by molar-refractivity contribution is 0.415. The topological polar surface area (TPSA) is 39.1 Å². The summed E-state index contributed by atoms with van der Waals surface area (Å²) in [6, 6.07) is 2.40. The summed E-state index contributed by atoms with van der Waals surface area (Å²) in [6.07, 6.45) is 2.02. The van der Waals surface area contributed by atoms with Gasteiger partial charge < -0.3 is 10.1 Å². The van der Waals surface area contributed by atoms with Crippen LogP contribution in [0.3, 0.4) is 0 Å². The summed E-state index contributed by atoms with van der Waals surface area (Å²) in [7, 11) is 3.71. The van der Waals surface area contributed by atoms with Gasteiger partial charge in [0, 0.05) is 29.8 Å². The summed E-state index contributed by atoms with van der Waals surface area (Å²) in [6.45, 7) is 5.21. The molecule has 0 fully saturated rings. The highest BCUT2D eigenvalue weighted by molar-refractivity contribution is 9.10. The third-order valence-corrected chi connectivity index (χ3v) is 5.53. The number of thiophene rings is 1. The maximum absolute atomic E-state index is 5.31. The molecule has 2 aromatic rings. The zero-order valence-corrected chi connectivity index (χ0v) is 15.3. The zero-order chi connectivity index (χ0) is 15.4. The van der Waals surface area contributed by atoms with Crippen molar-refractivity contribution in [2.24, 2.45) is 7.05 Å². The Labute approximate surface area is 138 Å². The predicted molar refractivity (Wildman–Crippen MR) is 91.3 cm³/mol. The molecule has 2 aromatic heterocycles. The van der Waals surface area contributed by atoms with Crippen LogP contribution in [0.5, 0.6) is 5.75 Å². The number of methoxy groups -OCH3 is 1. The van der Waals surface area contributed by atoms with E-state index in [0.29, 0.717) is 0 Å². The molecule has 6 heteroatoms. The van der Waals surface area contributed by atoms with E-state index in [1.165, 1.54) is 10.6 Å². The average Bonchev–Trinajstić information content (AvgIpc) is 3.03. The quantitative estimate of drug-likeness (QED) is 0.803. The van der Waals surface area contributed by atoms with Crippen LogP contribution in [-0.4, -0.2) is 23.4 Å². The van der Waals surface area contributed by atoms with Crippen LogP contribution < -0.4 is 10.1 Å². The summed E-state index contributed by atoms with van der Waals surface area (Å²) < 4.78 is 8.38. The van der Waals surface area contributed by atoms with E-state index < -0.39 is 0 Å². The van der Waals surface area contributed by atoms with Crippen LogP contribution in [0.2, 0.25) is 0 Å². The Bertz CT molecular complexity index is 594. The van der Waals surface area contributed by atoms with E-state index in [4.69, 9.17) is 4.74 Å². The molecule has 1 N–H and O–H groups in total. The van der Waals surface area contributed by atoms with Crippen molar-refractivity contribution in [3.8, 4) is 5.75 Å². The molecule has 21 heavy (non-hydrogen) atoms. The Morgan fingerprint density at radius 3 is 2.81 bits per heavy atom. The van der Waals surface area contributed by atoms with Gasteiger partial charge in [0.15, 0.2) is 0 Å². The number of halogens is 1. The third kappa shape index (κ3) is 3.87. The Hall–Kier alpha value is -0.850. The van der Waals surface area contributed by atoms with E-state index in [0.717, 1.165) is 35.3 Å². The number of hydrogen-bond donors (Lipinski definition) is 1. The molecule has 0 spiro atoms. The predicted octanol–water partition coefficient (Wildman–Crippen LogP) is 3.84. The van der Waals surface area contributed by atoms with Gasteiger partial charge in [-0.25, -0.2) is 0 Å². The second kappa shape index (κ2) is 7.42. The summed E-state index contributed by atoms with van der Waals surface area (Å²) >= 11 is 5.39. The van der Waals surface area contributed by atoms with Gasteiger partial charge >= 0.3 is 0 Å². The molecule has 0 saturated heterocycles. The highest BCUT2D eigenvalue weighted by Crippen LogP contribution is 2.31. The Kier molecular flexibility index (Phi) is 5.84. The maximum atomic E-state index is 5.31. The molecule has 2 heterocycles. The highest BCUT2D eigenvalue weighted by Gasteiger charge is 2.19. The van der Waals surface area contributed by atoms with Crippen LogP contribution in [0.1, 0.15) is 35.7 Å². The van der Waals surface area contributed by atoms with Gasteiger partial charge in [-0.3, -0.25) is 4.68 Å². The monoisotopic (exact) mass is 371 g/mol. The lowest BCUT2D eigenvalue weighted by atomic mass is 10.1. The lowest BCUT2D eigenvalue weighted by Crippen LogP contribution is -2.24. The standard InChI is InChI=1S/C15H22BrN3OS/c1-5-6-17-12(14-7-11(20-4)9-21-14)8-13-15(16)10(2)18-19(13)3/h7,9,12,17H,5-6,8H2,1-4H3. The maximum Gasteiger partial charge on any atom is 0.129 e. The van der Waals surface area contributed by atoms with Crippen LogP contribution in [-0.2, 0) is 13.5 Å². The molecule has 1 atom stereocenters. The molecule has 1 unspecified atom stereocenters. The molecule has 116 valence electrons. The number of nitrogens with one attached hydrogen (secondary N) is 1. The fourth-order valence-electron chi connectivity index (χ4n) is 2.31. The van der Waals surface area contributed by atoms with Gasteiger partial charge in [-0.1, -0.05) is 6.92 Å². The van der Waals surface area contributed by atoms with Gasteiger partial charge in [-0.15, -0.1) is 11.3 Å². The lowest BCUT2D eigenvalue weighted by Gasteiger charge is -2.17. The van der Waals surface area contributed by atoms with E-state index in [2.05, 4.69) is 44.7 Å². The van der Waals surface area contributed by atoms with Crippen LogP contribution in [0.4, 0.5) is 0 Å². The van der Waals surface area contributed by atoms with Crippen LogP contribution in [0, 0.1) is 6.92 Å². The van der Waals surface area contributed by atoms with Crippen molar-refractivity contribution in [2.45, 2.75) is 32.7 Å². The van der Waals surface area contributed by atoms with E-state index in [-0.39, 0.29) is 6.04 Å². The minimum atomic E-state index is 0.282. The first-order valence-corrected chi connectivity index (χ1v) is 8.77. The van der Waals surface area contributed by atoms with Gasteiger partial charge in [0.2, 0.25) is 0 Å². The summed E-state index contributed by atoms with van der Waals surface area (Å²) in [4.78, 5) is 1.30. The van der Waals surface area contributed by atoms with Crippen molar-refractivity contribution >= 4 is 27.3 Å².